The molecule has 2 aromatic rings. The number of rotatable bonds is 5. The number of halogens is 1. The van der Waals surface area contributed by atoms with Gasteiger partial charge in [0.15, 0.2) is 10.1 Å². The van der Waals surface area contributed by atoms with Gasteiger partial charge in [-0.15, -0.1) is 0 Å². The molecule has 2 aromatic carbocycles. The summed E-state index contributed by atoms with van der Waals surface area (Å²) in [6.45, 7) is 0. The lowest BCUT2D eigenvalue weighted by atomic mass is 10.1. The predicted octanol–water partition coefficient (Wildman–Crippen LogP) is 3.80. The van der Waals surface area contributed by atoms with Crippen molar-refractivity contribution in [3.05, 3.63) is 73.6 Å². The third kappa shape index (κ3) is 4.56. The number of hydrogen-bond donors (Lipinski definition) is 1. The summed E-state index contributed by atoms with van der Waals surface area (Å²) < 4.78 is 5.09. The van der Waals surface area contributed by atoms with Gasteiger partial charge in [-0.05, 0) is 54.2 Å². The number of nitro groups is 1. The van der Waals surface area contributed by atoms with Crippen LogP contribution in [0.5, 0.6) is 5.75 Å². The minimum absolute atomic E-state index is 0.106. The molecular formula is C18H12ClN3O5S2. The van der Waals surface area contributed by atoms with Crippen LogP contribution < -0.4 is 10.2 Å². The molecule has 0 atom stereocenters. The topological polar surface area (TPSA) is 102 Å². The Balaban J connectivity index is 1.81. The molecule has 0 spiro atoms. The number of benzene rings is 2. The molecule has 8 nitrogen and oxygen atoms in total. The third-order valence-electron chi connectivity index (χ3n) is 3.81. The van der Waals surface area contributed by atoms with Crippen molar-refractivity contribution in [2.75, 3.05) is 7.11 Å². The number of carbonyl (C=O) groups is 2. The van der Waals surface area contributed by atoms with Crippen molar-refractivity contribution in [2.24, 2.45) is 0 Å². The average Bonchev–Trinajstić information content (AvgIpc) is 2.95. The quantitative estimate of drug-likeness (QED) is 0.320. The van der Waals surface area contributed by atoms with Crippen LogP contribution in [0.15, 0.2) is 47.4 Å². The van der Waals surface area contributed by atoms with Gasteiger partial charge in [0, 0.05) is 16.7 Å². The Morgan fingerprint density at radius 2 is 2.00 bits per heavy atom. The smallest absolute Gasteiger partial charge is 0.311 e. The Bertz CT molecular complexity index is 1060. The molecule has 0 saturated carbocycles. The second-order valence-electron chi connectivity index (χ2n) is 5.65. The van der Waals surface area contributed by atoms with E-state index in [4.69, 9.17) is 28.6 Å². The SMILES string of the molecule is COc1ccc(/C=C2/SC(=S)N(NC(=O)c3ccc(Cl)cc3)C2=O)cc1[N+](=O)[O-]. The van der Waals surface area contributed by atoms with Crippen LogP contribution in [0.1, 0.15) is 15.9 Å². The molecule has 1 heterocycles. The molecule has 1 aliphatic heterocycles. The van der Waals surface area contributed by atoms with Gasteiger partial charge in [0.2, 0.25) is 0 Å². The molecule has 0 aromatic heterocycles. The van der Waals surface area contributed by atoms with E-state index in [1.165, 1.54) is 37.5 Å². The molecule has 3 rings (SSSR count). The molecule has 0 unspecified atom stereocenters. The van der Waals surface area contributed by atoms with Crippen molar-refractivity contribution in [1.82, 2.24) is 10.4 Å². The van der Waals surface area contributed by atoms with Crippen molar-refractivity contribution in [3.63, 3.8) is 0 Å². The monoisotopic (exact) mass is 449 g/mol. The standard InChI is InChI=1S/C18H12ClN3O5S2/c1-27-14-7-2-10(8-13(14)22(25)26)9-15-17(24)21(18(28)29-15)20-16(23)11-3-5-12(19)6-4-11/h2-9H,1H3,(H,20,23)/b15-9+. The highest BCUT2D eigenvalue weighted by Gasteiger charge is 2.34. The third-order valence-corrected chi connectivity index (χ3v) is 5.36. The first-order valence-corrected chi connectivity index (χ1v) is 9.57. The number of methoxy groups -OCH3 is 1. The molecule has 1 aliphatic rings. The van der Waals surface area contributed by atoms with Crippen LogP contribution in [0.3, 0.4) is 0 Å². The summed E-state index contributed by atoms with van der Waals surface area (Å²) in [5.41, 5.74) is 2.94. The molecule has 148 valence electrons. The van der Waals surface area contributed by atoms with Crippen LogP contribution in [0.4, 0.5) is 5.69 Å². The summed E-state index contributed by atoms with van der Waals surface area (Å²) in [7, 11) is 1.33. The van der Waals surface area contributed by atoms with E-state index in [0.717, 1.165) is 16.8 Å². The van der Waals surface area contributed by atoms with Crippen LogP contribution in [0, 0.1) is 10.1 Å². The first-order chi connectivity index (χ1) is 13.8. The first-order valence-electron chi connectivity index (χ1n) is 7.97. The van der Waals surface area contributed by atoms with Gasteiger partial charge in [-0.25, -0.2) is 0 Å². The number of hydrogen-bond acceptors (Lipinski definition) is 7. The maximum atomic E-state index is 12.6. The Morgan fingerprint density at radius 1 is 1.31 bits per heavy atom. The Morgan fingerprint density at radius 3 is 2.62 bits per heavy atom. The fourth-order valence-corrected chi connectivity index (χ4v) is 3.73. The van der Waals surface area contributed by atoms with E-state index in [9.17, 15) is 19.7 Å². The molecule has 0 radical (unpaired) electrons. The molecule has 1 saturated heterocycles. The summed E-state index contributed by atoms with van der Waals surface area (Å²) in [6.07, 6.45) is 1.46. The zero-order valence-electron chi connectivity index (χ0n) is 14.7. The number of hydrazine groups is 1. The maximum Gasteiger partial charge on any atom is 0.311 e. The fourth-order valence-electron chi connectivity index (χ4n) is 2.42. The molecule has 0 aliphatic carbocycles. The lowest BCUT2D eigenvalue weighted by Gasteiger charge is -2.15. The minimum atomic E-state index is -0.576. The zero-order valence-corrected chi connectivity index (χ0v) is 17.1. The maximum absolute atomic E-state index is 12.6. The van der Waals surface area contributed by atoms with Crippen molar-refractivity contribution in [2.45, 2.75) is 0 Å². The van der Waals surface area contributed by atoms with Gasteiger partial charge < -0.3 is 4.74 Å². The van der Waals surface area contributed by atoms with Crippen molar-refractivity contribution >= 4 is 63.5 Å². The second-order valence-corrected chi connectivity index (χ2v) is 7.77. The molecule has 2 amide bonds. The number of nitrogens with zero attached hydrogens (tertiary/aromatic N) is 2. The molecule has 0 bridgehead atoms. The van der Waals surface area contributed by atoms with Crippen LogP contribution in [0.2, 0.25) is 5.02 Å². The van der Waals surface area contributed by atoms with Crippen LogP contribution >= 0.6 is 35.6 Å². The normalized spacial score (nSPS) is 15.0. The van der Waals surface area contributed by atoms with Gasteiger partial charge in [-0.2, -0.15) is 5.01 Å². The first kappa shape index (κ1) is 20.8. The predicted molar refractivity (Wildman–Crippen MR) is 114 cm³/mol. The lowest BCUT2D eigenvalue weighted by Crippen LogP contribution is -2.44. The van der Waals surface area contributed by atoms with Crippen molar-refractivity contribution in [3.8, 4) is 5.75 Å². The van der Waals surface area contributed by atoms with Gasteiger partial charge in [0.05, 0.1) is 16.9 Å². The van der Waals surface area contributed by atoms with E-state index in [1.54, 1.807) is 18.2 Å². The van der Waals surface area contributed by atoms with E-state index >= 15 is 0 Å². The van der Waals surface area contributed by atoms with Crippen molar-refractivity contribution < 1.29 is 19.2 Å². The highest BCUT2D eigenvalue weighted by molar-refractivity contribution is 8.26. The summed E-state index contributed by atoms with van der Waals surface area (Å²) >= 11 is 11.9. The van der Waals surface area contributed by atoms with E-state index in [-0.39, 0.29) is 20.7 Å². The van der Waals surface area contributed by atoms with Crippen LogP contribution in [-0.2, 0) is 4.79 Å². The number of thioether (sulfide) groups is 1. The number of ether oxygens (including phenoxy) is 1. The lowest BCUT2D eigenvalue weighted by molar-refractivity contribution is -0.385. The fraction of sp³-hybridized carbons (Fsp3) is 0.0556. The molecular weight excluding hydrogens is 438 g/mol. The Labute approximate surface area is 179 Å². The summed E-state index contributed by atoms with van der Waals surface area (Å²) in [4.78, 5) is 35.8. The van der Waals surface area contributed by atoms with Gasteiger partial charge in [0.25, 0.3) is 11.8 Å². The largest absolute Gasteiger partial charge is 0.490 e. The van der Waals surface area contributed by atoms with Gasteiger partial charge in [-0.3, -0.25) is 25.1 Å². The number of nitrogens with one attached hydrogen (secondary N) is 1. The minimum Gasteiger partial charge on any atom is -0.490 e. The number of carbonyl (C=O) groups excluding carboxylic acids is 2. The molecule has 1 N–H and O–H groups in total. The van der Waals surface area contributed by atoms with Crippen LogP contribution in [0.25, 0.3) is 6.08 Å². The Hall–Kier alpha value is -2.95. The Kier molecular flexibility index (Phi) is 6.16. The van der Waals surface area contributed by atoms with E-state index in [1.807, 2.05) is 0 Å². The highest BCUT2D eigenvalue weighted by atomic mass is 35.5. The summed E-state index contributed by atoms with van der Waals surface area (Å²) in [6, 6.07) is 10.4. The zero-order chi connectivity index (χ0) is 21.1. The second kappa shape index (κ2) is 8.60. The summed E-state index contributed by atoms with van der Waals surface area (Å²) in [5, 5.41) is 12.6. The van der Waals surface area contributed by atoms with E-state index < -0.39 is 16.7 Å². The average molecular weight is 450 g/mol. The van der Waals surface area contributed by atoms with Crippen molar-refractivity contribution in [1.29, 1.82) is 0 Å². The number of nitro benzene ring substituents is 1. The van der Waals surface area contributed by atoms with E-state index in [0.29, 0.717) is 16.1 Å². The number of thiocarbonyl (C=S) groups is 1. The van der Waals surface area contributed by atoms with E-state index in [2.05, 4.69) is 5.43 Å². The molecule has 29 heavy (non-hydrogen) atoms. The van der Waals surface area contributed by atoms with Gasteiger partial charge >= 0.3 is 5.69 Å². The van der Waals surface area contributed by atoms with Crippen LogP contribution in [-0.4, -0.2) is 33.2 Å². The van der Waals surface area contributed by atoms with Gasteiger partial charge in [0.1, 0.15) is 0 Å². The highest BCUT2D eigenvalue weighted by Crippen LogP contribution is 2.34. The molecule has 1 fully saturated rings. The number of amides is 2. The summed E-state index contributed by atoms with van der Waals surface area (Å²) in [5.74, 6) is -0.963. The molecule has 11 heteroatoms. The van der Waals surface area contributed by atoms with Gasteiger partial charge in [-0.1, -0.05) is 29.4 Å².